The fraction of sp³-hybridized carbons (Fsp3) is 0.571. The topological polar surface area (TPSA) is 72.2 Å². The summed E-state index contributed by atoms with van der Waals surface area (Å²) in [5.74, 6) is -0.342. The van der Waals surface area contributed by atoms with Crippen LogP contribution in [0.25, 0.3) is 0 Å². The number of sulfonamides is 1. The number of nitrogens with one attached hydrogen (secondary N) is 1. The molecular weight excluding hydrogens is 279 g/mol. The molecule has 0 aliphatic carbocycles. The lowest BCUT2D eigenvalue weighted by Crippen LogP contribution is -2.38. The van der Waals surface area contributed by atoms with Gasteiger partial charge in [0, 0.05) is 18.2 Å². The summed E-state index contributed by atoms with van der Waals surface area (Å²) in [6, 6.07) is 3.77. The first-order chi connectivity index (χ1) is 9.37. The number of benzene rings is 1. The minimum Gasteiger partial charge on any atom is -0.326 e. The minimum absolute atomic E-state index is 0.0248. The van der Waals surface area contributed by atoms with Crippen molar-refractivity contribution in [3.05, 3.63) is 29.6 Å². The molecule has 114 valence electrons. The second-order valence-corrected chi connectivity index (χ2v) is 6.59. The van der Waals surface area contributed by atoms with Gasteiger partial charge in [0.15, 0.2) is 0 Å². The van der Waals surface area contributed by atoms with E-state index >= 15 is 0 Å². The van der Waals surface area contributed by atoms with Gasteiger partial charge in [-0.05, 0) is 25.0 Å². The highest BCUT2D eigenvalue weighted by atomic mass is 32.2. The van der Waals surface area contributed by atoms with E-state index in [0.717, 1.165) is 12.8 Å². The van der Waals surface area contributed by atoms with Gasteiger partial charge in [-0.1, -0.05) is 32.8 Å². The van der Waals surface area contributed by atoms with Crippen molar-refractivity contribution >= 4 is 10.0 Å². The Hall–Kier alpha value is -0.980. The number of hydrogen-bond acceptors (Lipinski definition) is 3. The van der Waals surface area contributed by atoms with Gasteiger partial charge in [0.2, 0.25) is 10.0 Å². The SMILES string of the molecule is CCC(CC)C(C)NS(=O)(=O)c1cccc(F)c1CN. The lowest BCUT2D eigenvalue weighted by molar-refractivity contribution is 0.390. The molecule has 0 aromatic heterocycles. The summed E-state index contributed by atoms with van der Waals surface area (Å²) in [4.78, 5) is -0.0715. The van der Waals surface area contributed by atoms with Crippen LogP contribution in [-0.4, -0.2) is 14.5 Å². The average Bonchev–Trinajstić information content (AvgIpc) is 2.39. The predicted molar refractivity (Wildman–Crippen MR) is 78.1 cm³/mol. The third-order valence-electron chi connectivity index (χ3n) is 3.67. The first kappa shape index (κ1) is 17.1. The highest BCUT2D eigenvalue weighted by Gasteiger charge is 2.24. The van der Waals surface area contributed by atoms with Gasteiger partial charge < -0.3 is 5.73 Å². The Bertz CT molecular complexity index is 542. The van der Waals surface area contributed by atoms with E-state index in [1.54, 1.807) is 0 Å². The average molecular weight is 302 g/mol. The maximum Gasteiger partial charge on any atom is 0.241 e. The first-order valence-corrected chi connectivity index (χ1v) is 8.35. The van der Waals surface area contributed by atoms with Crippen LogP contribution in [0.3, 0.4) is 0 Å². The van der Waals surface area contributed by atoms with Crippen LogP contribution in [0.5, 0.6) is 0 Å². The highest BCUT2D eigenvalue weighted by Crippen LogP contribution is 2.21. The Morgan fingerprint density at radius 1 is 1.30 bits per heavy atom. The van der Waals surface area contributed by atoms with Gasteiger partial charge in [0.25, 0.3) is 0 Å². The zero-order chi connectivity index (χ0) is 15.3. The quantitative estimate of drug-likeness (QED) is 0.812. The molecule has 1 unspecified atom stereocenters. The summed E-state index contributed by atoms with van der Waals surface area (Å²) < 4.78 is 41.0. The molecule has 20 heavy (non-hydrogen) atoms. The second-order valence-electron chi connectivity index (χ2n) is 4.91. The van der Waals surface area contributed by atoms with Crippen molar-refractivity contribution in [3.63, 3.8) is 0 Å². The molecule has 0 aliphatic rings. The van der Waals surface area contributed by atoms with Gasteiger partial charge in [0.1, 0.15) is 5.82 Å². The standard InChI is InChI=1S/C14H23FN2O2S/c1-4-11(5-2)10(3)17-20(18,19)14-8-6-7-13(15)12(14)9-16/h6-8,10-11,17H,4-5,9,16H2,1-3H3. The highest BCUT2D eigenvalue weighted by molar-refractivity contribution is 7.89. The number of rotatable bonds is 7. The summed E-state index contributed by atoms with van der Waals surface area (Å²) in [7, 11) is -3.76. The maximum absolute atomic E-state index is 13.6. The fourth-order valence-corrected chi connectivity index (χ4v) is 3.96. The van der Waals surface area contributed by atoms with Crippen molar-refractivity contribution < 1.29 is 12.8 Å². The Kier molecular flexibility index (Phi) is 6.10. The van der Waals surface area contributed by atoms with E-state index in [1.165, 1.54) is 18.2 Å². The van der Waals surface area contributed by atoms with Crippen LogP contribution >= 0.6 is 0 Å². The molecule has 4 nitrogen and oxygen atoms in total. The Morgan fingerprint density at radius 2 is 1.90 bits per heavy atom. The fourth-order valence-electron chi connectivity index (χ4n) is 2.39. The zero-order valence-corrected chi connectivity index (χ0v) is 13.0. The number of hydrogen-bond donors (Lipinski definition) is 2. The molecule has 3 N–H and O–H groups in total. The largest absolute Gasteiger partial charge is 0.326 e. The number of halogens is 1. The molecule has 1 aromatic rings. The summed E-state index contributed by atoms with van der Waals surface area (Å²) in [6.07, 6.45) is 1.76. The van der Waals surface area contributed by atoms with Crippen LogP contribution in [0.4, 0.5) is 4.39 Å². The van der Waals surface area contributed by atoms with Gasteiger partial charge in [-0.15, -0.1) is 0 Å². The third-order valence-corrected chi connectivity index (χ3v) is 5.31. The monoisotopic (exact) mass is 302 g/mol. The molecule has 0 aliphatic heterocycles. The molecule has 0 fully saturated rings. The molecule has 0 radical (unpaired) electrons. The molecule has 0 amide bonds. The molecular formula is C14H23FN2O2S. The summed E-state index contributed by atoms with van der Waals surface area (Å²) in [6.45, 7) is 5.72. The second kappa shape index (κ2) is 7.15. The molecule has 0 saturated carbocycles. The molecule has 0 spiro atoms. The van der Waals surface area contributed by atoms with Crippen molar-refractivity contribution in [2.24, 2.45) is 11.7 Å². The van der Waals surface area contributed by atoms with Crippen LogP contribution in [-0.2, 0) is 16.6 Å². The van der Waals surface area contributed by atoms with Crippen LogP contribution < -0.4 is 10.5 Å². The lowest BCUT2D eigenvalue weighted by atomic mass is 9.96. The Morgan fingerprint density at radius 3 is 2.40 bits per heavy atom. The van der Waals surface area contributed by atoms with Crippen LogP contribution in [0.15, 0.2) is 23.1 Å². The molecule has 1 rings (SSSR count). The predicted octanol–water partition coefficient (Wildman–Crippen LogP) is 2.39. The van der Waals surface area contributed by atoms with Gasteiger partial charge >= 0.3 is 0 Å². The van der Waals surface area contributed by atoms with E-state index < -0.39 is 15.8 Å². The Balaban J connectivity index is 3.09. The summed E-state index contributed by atoms with van der Waals surface area (Å²) in [5, 5.41) is 0. The minimum atomic E-state index is -3.76. The normalized spacial score (nSPS) is 13.7. The van der Waals surface area contributed by atoms with Crippen LogP contribution in [0.2, 0.25) is 0 Å². The van der Waals surface area contributed by atoms with E-state index in [-0.39, 0.29) is 29.0 Å². The van der Waals surface area contributed by atoms with Crippen molar-refractivity contribution in [1.29, 1.82) is 0 Å². The molecule has 0 heterocycles. The number of nitrogens with two attached hydrogens (primary N) is 1. The van der Waals surface area contributed by atoms with Gasteiger partial charge in [-0.2, -0.15) is 0 Å². The summed E-state index contributed by atoms with van der Waals surface area (Å²) >= 11 is 0. The Labute approximate surface area is 120 Å². The molecule has 1 aromatic carbocycles. The molecule has 6 heteroatoms. The molecule has 0 saturated heterocycles. The van der Waals surface area contributed by atoms with E-state index in [4.69, 9.17) is 5.73 Å². The third kappa shape index (κ3) is 3.77. The zero-order valence-electron chi connectivity index (χ0n) is 12.2. The maximum atomic E-state index is 13.6. The van der Waals surface area contributed by atoms with Crippen molar-refractivity contribution in [3.8, 4) is 0 Å². The van der Waals surface area contributed by atoms with Crippen molar-refractivity contribution in [2.45, 2.75) is 51.1 Å². The van der Waals surface area contributed by atoms with Crippen molar-refractivity contribution in [2.75, 3.05) is 0 Å². The van der Waals surface area contributed by atoms with E-state index in [0.29, 0.717) is 0 Å². The van der Waals surface area contributed by atoms with E-state index in [9.17, 15) is 12.8 Å². The molecule has 0 bridgehead atoms. The molecule has 1 atom stereocenters. The van der Waals surface area contributed by atoms with E-state index in [1.807, 2.05) is 20.8 Å². The van der Waals surface area contributed by atoms with Crippen LogP contribution in [0.1, 0.15) is 39.2 Å². The van der Waals surface area contributed by atoms with Gasteiger partial charge in [-0.25, -0.2) is 17.5 Å². The smallest absolute Gasteiger partial charge is 0.241 e. The van der Waals surface area contributed by atoms with Gasteiger partial charge in [-0.3, -0.25) is 0 Å². The van der Waals surface area contributed by atoms with Crippen LogP contribution in [0, 0.1) is 11.7 Å². The first-order valence-electron chi connectivity index (χ1n) is 6.87. The lowest BCUT2D eigenvalue weighted by Gasteiger charge is -2.23. The summed E-state index contributed by atoms with van der Waals surface area (Å²) in [5.41, 5.74) is 5.48. The van der Waals surface area contributed by atoms with Crippen molar-refractivity contribution in [1.82, 2.24) is 4.72 Å². The van der Waals surface area contributed by atoms with Gasteiger partial charge in [0.05, 0.1) is 4.90 Å². The van der Waals surface area contributed by atoms with E-state index in [2.05, 4.69) is 4.72 Å².